The molecule has 4 rings (SSSR count). The molecule has 0 spiro atoms. The van der Waals surface area contributed by atoms with Crippen molar-refractivity contribution in [3.05, 3.63) is 65.7 Å². The Hall–Kier alpha value is -2.86. The first-order valence-corrected chi connectivity index (χ1v) is 12.7. The van der Waals surface area contributed by atoms with Gasteiger partial charge in [-0.3, -0.25) is 9.59 Å². The van der Waals surface area contributed by atoms with Gasteiger partial charge in [-0.05, 0) is 68.6 Å². The third-order valence-electron chi connectivity index (χ3n) is 7.33. The molecule has 1 atom stereocenters. The fraction of sp³-hybridized carbons (Fsp3) is 0.500. The Balaban J connectivity index is 1.32. The summed E-state index contributed by atoms with van der Waals surface area (Å²) >= 11 is 0. The van der Waals surface area contributed by atoms with Gasteiger partial charge in [0.25, 0.3) is 5.91 Å². The molecule has 182 valence electrons. The highest BCUT2D eigenvalue weighted by atomic mass is 16.5. The Morgan fingerprint density at radius 3 is 2.26 bits per heavy atom. The van der Waals surface area contributed by atoms with Gasteiger partial charge < -0.3 is 20.3 Å². The number of ether oxygens (including phenoxy) is 1. The maximum absolute atomic E-state index is 13.0. The number of methoxy groups -OCH3 is 1. The molecule has 2 aliphatic rings. The summed E-state index contributed by atoms with van der Waals surface area (Å²) in [7, 11) is 1.60. The Morgan fingerprint density at radius 1 is 0.941 bits per heavy atom. The van der Waals surface area contributed by atoms with Crippen molar-refractivity contribution < 1.29 is 14.3 Å². The van der Waals surface area contributed by atoms with E-state index in [0.29, 0.717) is 23.9 Å². The van der Waals surface area contributed by atoms with E-state index < -0.39 is 0 Å². The van der Waals surface area contributed by atoms with Gasteiger partial charge in [0.2, 0.25) is 5.91 Å². The van der Waals surface area contributed by atoms with Gasteiger partial charge in [0.1, 0.15) is 5.75 Å². The van der Waals surface area contributed by atoms with Crippen LogP contribution in [0.15, 0.2) is 54.6 Å². The largest absolute Gasteiger partial charge is 0.497 e. The Kier molecular flexibility index (Phi) is 8.58. The lowest BCUT2D eigenvalue weighted by atomic mass is 9.90. The van der Waals surface area contributed by atoms with Gasteiger partial charge in [-0.2, -0.15) is 0 Å². The van der Waals surface area contributed by atoms with Gasteiger partial charge in [0.15, 0.2) is 0 Å². The van der Waals surface area contributed by atoms with Gasteiger partial charge in [-0.1, -0.05) is 49.6 Å². The summed E-state index contributed by atoms with van der Waals surface area (Å²) < 4.78 is 5.18. The van der Waals surface area contributed by atoms with Gasteiger partial charge in [0, 0.05) is 24.1 Å². The van der Waals surface area contributed by atoms with Gasteiger partial charge in [0.05, 0.1) is 13.2 Å². The summed E-state index contributed by atoms with van der Waals surface area (Å²) in [6, 6.07) is 17.3. The molecular weight excluding hydrogens is 426 g/mol. The van der Waals surface area contributed by atoms with Crippen molar-refractivity contribution in [2.45, 2.75) is 57.0 Å². The van der Waals surface area contributed by atoms with Crippen LogP contribution in [0.3, 0.4) is 0 Å². The smallest absolute Gasteiger partial charge is 0.251 e. The minimum absolute atomic E-state index is 0.0496. The minimum atomic E-state index is -0.304. The van der Waals surface area contributed by atoms with E-state index in [1.807, 2.05) is 30.3 Å². The summed E-state index contributed by atoms with van der Waals surface area (Å²) in [5, 5.41) is 6.22. The normalized spacial score (nSPS) is 18.7. The van der Waals surface area contributed by atoms with Crippen molar-refractivity contribution in [3.8, 4) is 5.75 Å². The number of nitrogens with zero attached hydrogens (tertiary/aromatic N) is 1. The number of piperidine rings is 1. The SMILES string of the molecule is COc1ccc(C(=O)N[C@@H](CNC(=O)C2CCN(C3CCCCC3)CC2)c2ccccc2)cc1. The molecule has 1 aliphatic carbocycles. The second-order valence-electron chi connectivity index (χ2n) is 9.51. The third kappa shape index (κ3) is 6.38. The van der Waals surface area contributed by atoms with Crippen molar-refractivity contribution >= 4 is 11.8 Å². The number of hydrogen-bond donors (Lipinski definition) is 2. The van der Waals surface area contributed by atoms with Crippen LogP contribution >= 0.6 is 0 Å². The molecule has 2 aromatic carbocycles. The average Bonchev–Trinajstić information content (AvgIpc) is 2.92. The zero-order valence-electron chi connectivity index (χ0n) is 20.2. The fourth-order valence-corrected chi connectivity index (χ4v) is 5.24. The summed E-state index contributed by atoms with van der Waals surface area (Å²) in [6.45, 7) is 2.39. The number of nitrogens with one attached hydrogen (secondary N) is 2. The van der Waals surface area contributed by atoms with Crippen LogP contribution in [0.2, 0.25) is 0 Å². The van der Waals surface area contributed by atoms with Crippen LogP contribution in [0.25, 0.3) is 0 Å². The highest BCUT2D eigenvalue weighted by molar-refractivity contribution is 5.94. The summed E-state index contributed by atoms with van der Waals surface area (Å²) in [4.78, 5) is 28.5. The van der Waals surface area contributed by atoms with Gasteiger partial charge >= 0.3 is 0 Å². The Bertz CT molecular complexity index is 918. The van der Waals surface area contributed by atoms with Crippen LogP contribution < -0.4 is 15.4 Å². The molecule has 0 aromatic heterocycles. The lowest BCUT2D eigenvalue weighted by Gasteiger charge is -2.39. The Morgan fingerprint density at radius 2 is 1.62 bits per heavy atom. The van der Waals surface area contributed by atoms with Gasteiger partial charge in [-0.25, -0.2) is 0 Å². The standard InChI is InChI=1S/C28H37N3O3/c1-34-25-14-12-22(13-15-25)28(33)30-26(21-8-4-2-5-9-21)20-29-27(32)23-16-18-31(19-17-23)24-10-6-3-7-11-24/h2,4-5,8-9,12-15,23-24,26H,3,6-7,10-11,16-20H2,1H3,(H,29,32)(H,30,33)/t26-/m0/s1. The number of amides is 2. The zero-order chi connectivity index (χ0) is 23.8. The molecule has 34 heavy (non-hydrogen) atoms. The molecule has 2 fully saturated rings. The topological polar surface area (TPSA) is 70.7 Å². The van der Waals surface area contributed by atoms with E-state index in [9.17, 15) is 9.59 Å². The molecule has 2 N–H and O–H groups in total. The number of likely N-dealkylation sites (tertiary alicyclic amines) is 1. The first-order chi connectivity index (χ1) is 16.6. The molecule has 1 saturated carbocycles. The quantitative estimate of drug-likeness (QED) is 0.611. The number of carbonyl (C=O) groups excluding carboxylic acids is 2. The highest BCUT2D eigenvalue weighted by Gasteiger charge is 2.29. The van der Waals surface area contributed by atoms with Crippen molar-refractivity contribution in [1.82, 2.24) is 15.5 Å². The first kappa shape index (κ1) is 24.3. The van der Waals surface area contributed by atoms with Crippen LogP contribution in [-0.4, -0.2) is 49.5 Å². The second-order valence-corrected chi connectivity index (χ2v) is 9.51. The Labute approximate surface area is 203 Å². The van der Waals surface area contributed by atoms with Crippen molar-refractivity contribution in [1.29, 1.82) is 0 Å². The van der Waals surface area contributed by atoms with Crippen molar-refractivity contribution in [2.75, 3.05) is 26.7 Å². The fourth-order valence-electron chi connectivity index (χ4n) is 5.24. The molecule has 0 unspecified atom stereocenters. The van der Waals surface area contributed by atoms with Crippen LogP contribution in [0.5, 0.6) is 5.75 Å². The highest BCUT2D eigenvalue weighted by Crippen LogP contribution is 2.27. The molecule has 0 radical (unpaired) electrons. The molecule has 2 aromatic rings. The average molecular weight is 464 g/mol. The van der Waals surface area contributed by atoms with Crippen LogP contribution in [-0.2, 0) is 4.79 Å². The first-order valence-electron chi connectivity index (χ1n) is 12.7. The van der Waals surface area contributed by atoms with Crippen LogP contribution in [0.1, 0.15) is 66.9 Å². The number of benzene rings is 2. The van der Waals surface area contributed by atoms with Crippen molar-refractivity contribution in [3.63, 3.8) is 0 Å². The third-order valence-corrected chi connectivity index (χ3v) is 7.33. The monoisotopic (exact) mass is 463 g/mol. The number of hydrogen-bond acceptors (Lipinski definition) is 4. The number of carbonyl (C=O) groups is 2. The molecular formula is C28H37N3O3. The van der Waals surface area contributed by atoms with E-state index in [1.54, 1.807) is 31.4 Å². The molecule has 1 aliphatic heterocycles. The van der Waals surface area contributed by atoms with E-state index in [-0.39, 0.29) is 23.8 Å². The molecule has 1 saturated heterocycles. The molecule has 1 heterocycles. The van der Waals surface area contributed by atoms with E-state index >= 15 is 0 Å². The lowest BCUT2D eigenvalue weighted by molar-refractivity contribution is -0.126. The van der Waals surface area contributed by atoms with Gasteiger partial charge in [-0.15, -0.1) is 0 Å². The predicted molar refractivity (Wildman–Crippen MR) is 134 cm³/mol. The van der Waals surface area contributed by atoms with E-state index in [4.69, 9.17) is 4.74 Å². The van der Waals surface area contributed by atoms with Crippen LogP contribution in [0, 0.1) is 5.92 Å². The molecule has 6 heteroatoms. The maximum Gasteiger partial charge on any atom is 0.251 e. The lowest BCUT2D eigenvalue weighted by Crippen LogP contribution is -2.46. The minimum Gasteiger partial charge on any atom is -0.497 e. The van der Waals surface area contributed by atoms with Crippen LogP contribution in [0.4, 0.5) is 0 Å². The number of rotatable bonds is 8. The van der Waals surface area contributed by atoms with E-state index in [2.05, 4.69) is 15.5 Å². The maximum atomic E-state index is 13.0. The molecule has 6 nitrogen and oxygen atoms in total. The predicted octanol–water partition coefficient (Wildman–Crippen LogP) is 4.33. The summed E-state index contributed by atoms with van der Waals surface area (Å²) in [5.41, 5.74) is 1.53. The van der Waals surface area contributed by atoms with E-state index in [1.165, 1.54) is 32.1 Å². The van der Waals surface area contributed by atoms with E-state index in [0.717, 1.165) is 31.5 Å². The second kappa shape index (κ2) is 12.0. The molecule has 2 amide bonds. The van der Waals surface area contributed by atoms with Crippen molar-refractivity contribution in [2.24, 2.45) is 5.92 Å². The molecule has 0 bridgehead atoms. The zero-order valence-corrected chi connectivity index (χ0v) is 20.2. The summed E-state index contributed by atoms with van der Waals surface area (Å²) in [5.74, 6) is 0.681. The summed E-state index contributed by atoms with van der Waals surface area (Å²) in [6.07, 6.45) is 8.50.